The summed E-state index contributed by atoms with van der Waals surface area (Å²) in [4.78, 5) is 15.2. The maximum Gasteiger partial charge on any atom is 0.151 e. The van der Waals surface area contributed by atoms with Crippen LogP contribution in [0.25, 0.3) is 0 Å². The topological polar surface area (TPSA) is 23.6 Å². The van der Waals surface area contributed by atoms with Crippen LogP contribution in [0.3, 0.4) is 0 Å². The molecule has 0 aliphatic carbocycles. The first-order valence-corrected chi connectivity index (χ1v) is 6.60. The van der Waals surface area contributed by atoms with Crippen LogP contribution in [0.15, 0.2) is 18.2 Å². The number of benzene rings is 1. The highest BCUT2D eigenvalue weighted by molar-refractivity contribution is 6.33. The number of carbonyl (C=O) groups excluding carboxylic acids is 1. The van der Waals surface area contributed by atoms with Gasteiger partial charge in [0.1, 0.15) is 0 Å². The lowest BCUT2D eigenvalue weighted by atomic mass is 10.2. The Morgan fingerprint density at radius 2 is 1.94 bits per heavy atom. The summed E-state index contributed by atoms with van der Waals surface area (Å²) in [7, 11) is 4.12. The molecule has 0 aromatic heterocycles. The Morgan fingerprint density at radius 1 is 1.22 bits per heavy atom. The van der Waals surface area contributed by atoms with Gasteiger partial charge in [-0.1, -0.05) is 18.5 Å². The largest absolute Gasteiger partial charge is 0.370 e. The summed E-state index contributed by atoms with van der Waals surface area (Å²) in [5.74, 6) is 0. The fourth-order valence-corrected chi connectivity index (χ4v) is 1.99. The zero-order valence-electron chi connectivity index (χ0n) is 11.3. The summed E-state index contributed by atoms with van der Waals surface area (Å²) in [6.07, 6.45) is 1.87. The molecule has 0 N–H and O–H groups in total. The molecule has 1 aromatic rings. The summed E-state index contributed by atoms with van der Waals surface area (Å²) in [6, 6.07) is 5.61. The first-order chi connectivity index (χ1) is 8.58. The standard InChI is InChI=1S/C14H21ClN2O/c1-4-7-17(9-8-16(2)3)13-6-5-12(11-18)14(15)10-13/h5-6,10-11H,4,7-9H2,1-3H3. The van der Waals surface area contributed by atoms with Crippen LogP contribution in [0.2, 0.25) is 5.02 Å². The number of carbonyl (C=O) groups is 1. The van der Waals surface area contributed by atoms with E-state index in [-0.39, 0.29) is 0 Å². The molecule has 18 heavy (non-hydrogen) atoms. The number of hydrogen-bond acceptors (Lipinski definition) is 3. The minimum atomic E-state index is 0.522. The van der Waals surface area contributed by atoms with E-state index in [1.165, 1.54) is 0 Å². The molecule has 0 saturated carbocycles. The minimum Gasteiger partial charge on any atom is -0.370 e. The first kappa shape index (κ1) is 15.0. The van der Waals surface area contributed by atoms with Gasteiger partial charge in [-0.05, 0) is 38.7 Å². The summed E-state index contributed by atoms with van der Waals surface area (Å²) >= 11 is 6.07. The van der Waals surface area contributed by atoms with Crippen molar-refractivity contribution in [2.45, 2.75) is 13.3 Å². The molecule has 0 heterocycles. The van der Waals surface area contributed by atoms with E-state index in [1.807, 2.05) is 12.1 Å². The second-order valence-electron chi connectivity index (χ2n) is 4.61. The number of likely N-dealkylation sites (N-methyl/N-ethyl adjacent to an activating group) is 1. The fourth-order valence-electron chi connectivity index (χ4n) is 1.77. The van der Waals surface area contributed by atoms with Gasteiger partial charge in [-0.25, -0.2) is 0 Å². The number of aldehydes is 1. The summed E-state index contributed by atoms with van der Waals surface area (Å²) in [6.45, 7) is 5.10. The molecule has 100 valence electrons. The Balaban J connectivity index is 2.84. The van der Waals surface area contributed by atoms with Crippen LogP contribution < -0.4 is 4.90 Å². The van der Waals surface area contributed by atoms with E-state index >= 15 is 0 Å². The van der Waals surface area contributed by atoms with E-state index in [2.05, 4.69) is 30.8 Å². The number of nitrogens with zero attached hydrogens (tertiary/aromatic N) is 2. The summed E-state index contributed by atoms with van der Waals surface area (Å²) in [5, 5.41) is 0.522. The Labute approximate surface area is 114 Å². The van der Waals surface area contributed by atoms with E-state index in [1.54, 1.807) is 6.07 Å². The van der Waals surface area contributed by atoms with Crippen LogP contribution in [0.1, 0.15) is 23.7 Å². The number of rotatable bonds is 7. The molecule has 1 rings (SSSR count). The third-order valence-corrected chi connectivity index (χ3v) is 3.11. The molecule has 0 fully saturated rings. The van der Waals surface area contributed by atoms with Gasteiger partial charge in [0.15, 0.2) is 6.29 Å². The van der Waals surface area contributed by atoms with Crippen molar-refractivity contribution >= 4 is 23.6 Å². The lowest BCUT2D eigenvalue weighted by molar-refractivity contribution is 0.112. The third-order valence-electron chi connectivity index (χ3n) is 2.79. The Morgan fingerprint density at radius 3 is 2.44 bits per heavy atom. The molecule has 0 aliphatic rings. The molecular weight excluding hydrogens is 248 g/mol. The summed E-state index contributed by atoms with van der Waals surface area (Å²) in [5.41, 5.74) is 1.62. The maximum absolute atomic E-state index is 10.7. The van der Waals surface area contributed by atoms with Gasteiger partial charge in [0.25, 0.3) is 0 Å². The van der Waals surface area contributed by atoms with Gasteiger partial charge >= 0.3 is 0 Å². The van der Waals surface area contributed by atoms with Crippen LogP contribution in [0.5, 0.6) is 0 Å². The average molecular weight is 269 g/mol. The van der Waals surface area contributed by atoms with Crippen LogP contribution in [0.4, 0.5) is 5.69 Å². The van der Waals surface area contributed by atoms with Crippen LogP contribution in [0, 0.1) is 0 Å². The van der Waals surface area contributed by atoms with E-state index in [0.29, 0.717) is 10.6 Å². The highest BCUT2D eigenvalue weighted by Crippen LogP contribution is 2.22. The van der Waals surface area contributed by atoms with E-state index < -0.39 is 0 Å². The van der Waals surface area contributed by atoms with Crippen molar-refractivity contribution in [3.63, 3.8) is 0 Å². The van der Waals surface area contributed by atoms with Gasteiger partial charge in [-0.2, -0.15) is 0 Å². The molecule has 0 bridgehead atoms. The first-order valence-electron chi connectivity index (χ1n) is 6.23. The lowest BCUT2D eigenvalue weighted by Crippen LogP contribution is -2.32. The van der Waals surface area contributed by atoms with Crippen molar-refractivity contribution in [3.8, 4) is 0 Å². The molecule has 0 amide bonds. The highest BCUT2D eigenvalue weighted by atomic mass is 35.5. The minimum absolute atomic E-state index is 0.522. The molecule has 0 spiro atoms. The second kappa shape index (κ2) is 7.39. The fraction of sp³-hybridized carbons (Fsp3) is 0.500. The summed E-state index contributed by atoms with van der Waals surface area (Å²) < 4.78 is 0. The van der Waals surface area contributed by atoms with Gasteiger partial charge in [0, 0.05) is 30.9 Å². The number of hydrogen-bond donors (Lipinski definition) is 0. The Hall–Kier alpha value is -1.06. The highest BCUT2D eigenvalue weighted by Gasteiger charge is 2.08. The van der Waals surface area contributed by atoms with Crippen LogP contribution in [-0.2, 0) is 0 Å². The molecular formula is C14H21ClN2O. The van der Waals surface area contributed by atoms with E-state index in [0.717, 1.165) is 38.0 Å². The zero-order chi connectivity index (χ0) is 13.5. The van der Waals surface area contributed by atoms with Crippen molar-refractivity contribution in [2.24, 2.45) is 0 Å². The normalized spacial score (nSPS) is 10.7. The Kier molecular flexibility index (Phi) is 6.16. The van der Waals surface area contributed by atoms with Gasteiger partial charge < -0.3 is 9.80 Å². The van der Waals surface area contributed by atoms with Crippen LogP contribution in [-0.4, -0.2) is 44.9 Å². The predicted molar refractivity (Wildman–Crippen MR) is 77.9 cm³/mol. The number of anilines is 1. The molecule has 0 atom stereocenters. The van der Waals surface area contributed by atoms with Crippen molar-refractivity contribution in [3.05, 3.63) is 28.8 Å². The molecule has 0 radical (unpaired) electrons. The van der Waals surface area contributed by atoms with Gasteiger partial charge in [-0.15, -0.1) is 0 Å². The predicted octanol–water partition coefficient (Wildman–Crippen LogP) is 2.93. The molecule has 0 unspecified atom stereocenters. The van der Waals surface area contributed by atoms with Crippen molar-refractivity contribution < 1.29 is 4.79 Å². The van der Waals surface area contributed by atoms with E-state index in [4.69, 9.17) is 11.6 Å². The molecule has 0 saturated heterocycles. The molecule has 3 nitrogen and oxygen atoms in total. The molecule has 0 aliphatic heterocycles. The number of halogens is 1. The molecule has 1 aromatic carbocycles. The van der Waals surface area contributed by atoms with Gasteiger partial charge in [0.2, 0.25) is 0 Å². The monoisotopic (exact) mass is 268 g/mol. The van der Waals surface area contributed by atoms with Crippen molar-refractivity contribution in [1.82, 2.24) is 4.90 Å². The Bertz CT molecular complexity index is 393. The SMILES string of the molecule is CCCN(CCN(C)C)c1ccc(C=O)c(Cl)c1. The smallest absolute Gasteiger partial charge is 0.151 e. The average Bonchev–Trinajstić information content (AvgIpc) is 2.34. The van der Waals surface area contributed by atoms with E-state index in [9.17, 15) is 4.79 Å². The third kappa shape index (κ3) is 4.31. The lowest BCUT2D eigenvalue weighted by Gasteiger charge is -2.26. The van der Waals surface area contributed by atoms with Gasteiger partial charge in [-0.3, -0.25) is 4.79 Å². The molecule has 4 heteroatoms. The van der Waals surface area contributed by atoms with Gasteiger partial charge in [0.05, 0.1) is 5.02 Å². The second-order valence-corrected chi connectivity index (χ2v) is 5.02. The zero-order valence-corrected chi connectivity index (χ0v) is 12.1. The van der Waals surface area contributed by atoms with Crippen molar-refractivity contribution in [1.29, 1.82) is 0 Å². The quantitative estimate of drug-likeness (QED) is 0.711. The van der Waals surface area contributed by atoms with Crippen molar-refractivity contribution in [2.75, 3.05) is 38.6 Å². The van der Waals surface area contributed by atoms with Crippen LogP contribution >= 0.6 is 11.6 Å². The maximum atomic E-state index is 10.7.